The number of carbonyl (C=O) groups excluding carboxylic acids is 1. The number of aliphatic hydroxyl groups is 1. The number of aliphatic hydroxyl groups excluding tert-OH is 1. The topological polar surface area (TPSA) is 49.3 Å². The maximum absolute atomic E-state index is 12.4. The number of hydrogen-bond acceptors (Lipinski definition) is 2. The number of hydrogen-bond donors (Lipinski definition) is 2. The highest BCUT2D eigenvalue weighted by atomic mass is 16.3. The number of allylic oxidation sites excluding steroid dienone is 2. The van der Waals surface area contributed by atoms with Gasteiger partial charge in [0.25, 0.3) is 0 Å². The molecule has 2 fully saturated rings. The summed E-state index contributed by atoms with van der Waals surface area (Å²) in [7, 11) is 0. The van der Waals surface area contributed by atoms with Gasteiger partial charge in [-0.05, 0) is 56.8 Å². The lowest BCUT2D eigenvalue weighted by molar-refractivity contribution is -0.124. The van der Waals surface area contributed by atoms with E-state index in [9.17, 15) is 4.79 Å². The molecule has 2 aliphatic carbocycles. The average molecular weight is 279 g/mol. The Morgan fingerprint density at radius 3 is 2.35 bits per heavy atom. The van der Waals surface area contributed by atoms with E-state index in [2.05, 4.69) is 39.1 Å². The summed E-state index contributed by atoms with van der Waals surface area (Å²) in [6, 6.07) is 0.314. The summed E-state index contributed by atoms with van der Waals surface area (Å²) in [5.74, 6) is 1.19. The molecule has 0 radical (unpaired) electrons. The van der Waals surface area contributed by atoms with Crippen molar-refractivity contribution < 1.29 is 9.90 Å². The lowest BCUT2D eigenvalue weighted by atomic mass is 9.86. The third kappa shape index (κ3) is 3.25. The van der Waals surface area contributed by atoms with Gasteiger partial charge in [0.15, 0.2) is 0 Å². The number of carbonyl (C=O) groups is 1. The SMILES string of the molecule is CC(C)=CC1C(C(=O)NC2CCC(CO)CC2)C1(C)C. The highest BCUT2D eigenvalue weighted by molar-refractivity contribution is 5.84. The van der Waals surface area contributed by atoms with E-state index in [1.165, 1.54) is 5.57 Å². The summed E-state index contributed by atoms with van der Waals surface area (Å²) >= 11 is 0. The van der Waals surface area contributed by atoms with Crippen LogP contribution in [0.25, 0.3) is 0 Å². The van der Waals surface area contributed by atoms with Gasteiger partial charge in [0.1, 0.15) is 0 Å². The summed E-state index contributed by atoms with van der Waals surface area (Å²) in [4.78, 5) is 12.4. The van der Waals surface area contributed by atoms with Gasteiger partial charge in [0.2, 0.25) is 5.91 Å². The second-order valence-electron chi connectivity index (χ2n) is 7.48. The van der Waals surface area contributed by atoms with Gasteiger partial charge in [-0.25, -0.2) is 0 Å². The summed E-state index contributed by atoms with van der Waals surface area (Å²) in [5, 5.41) is 12.4. The van der Waals surface area contributed by atoms with E-state index in [4.69, 9.17) is 5.11 Å². The number of amides is 1. The molecule has 3 nitrogen and oxygen atoms in total. The van der Waals surface area contributed by atoms with E-state index in [0.29, 0.717) is 24.5 Å². The van der Waals surface area contributed by atoms with Crippen LogP contribution in [0.5, 0.6) is 0 Å². The predicted molar refractivity (Wildman–Crippen MR) is 81.2 cm³/mol. The zero-order valence-corrected chi connectivity index (χ0v) is 13.3. The van der Waals surface area contributed by atoms with Crippen molar-refractivity contribution in [2.24, 2.45) is 23.2 Å². The zero-order valence-electron chi connectivity index (χ0n) is 13.3. The van der Waals surface area contributed by atoms with Gasteiger partial charge in [-0.3, -0.25) is 4.79 Å². The van der Waals surface area contributed by atoms with Crippen molar-refractivity contribution in [1.82, 2.24) is 5.32 Å². The molecule has 0 spiro atoms. The maximum Gasteiger partial charge on any atom is 0.224 e. The van der Waals surface area contributed by atoms with Crippen LogP contribution in [0.1, 0.15) is 53.4 Å². The smallest absolute Gasteiger partial charge is 0.224 e. The van der Waals surface area contributed by atoms with Crippen molar-refractivity contribution in [2.45, 2.75) is 59.4 Å². The van der Waals surface area contributed by atoms with E-state index < -0.39 is 0 Å². The van der Waals surface area contributed by atoms with Crippen molar-refractivity contribution in [3.05, 3.63) is 11.6 Å². The van der Waals surface area contributed by atoms with Crippen LogP contribution in [0.4, 0.5) is 0 Å². The molecular weight excluding hydrogens is 250 g/mol. The van der Waals surface area contributed by atoms with Crippen molar-refractivity contribution in [2.75, 3.05) is 6.61 Å². The van der Waals surface area contributed by atoms with Gasteiger partial charge in [0.05, 0.1) is 5.92 Å². The predicted octanol–water partition coefficient (Wildman–Crippen LogP) is 2.89. The molecule has 0 aromatic rings. The number of rotatable bonds is 4. The quantitative estimate of drug-likeness (QED) is 0.777. The molecule has 0 aliphatic heterocycles. The Bertz CT molecular complexity index is 388. The van der Waals surface area contributed by atoms with Crippen molar-refractivity contribution >= 4 is 5.91 Å². The zero-order chi connectivity index (χ0) is 14.9. The second-order valence-corrected chi connectivity index (χ2v) is 7.48. The van der Waals surface area contributed by atoms with Gasteiger partial charge in [0, 0.05) is 12.6 Å². The van der Waals surface area contributed by atoms with Gasteiger partial charge in [-0.15, -0.1) is 0 Å². The van der Waals surface area contributed by atoms with Crippen LogP contribution in [-0.2, 0) is 4.79 Å². The minimum absolute atomic E-state index is 0.101. The standard InChI is InChI=1S/C17H29NO2/c1-11(2)9-14-15(17(14,3)4)16(20)18-13-7-5-12(10-19)6-8-13/h9,12-15,19H,5-8,10H2,1-4H3,(H,18,20). The van der Waals surface area contributed by atoms with E-state index in [1.807, 2.05) is 0 Å². The summed E-state index contributed by atoms with van der Waals surface area (Å²) in [6.07, 6.45) is 6.33. The second kappa shape index (κ2) is 5.88. The fourth-order valence-electron chi connectivity index (χ4n) is 3.63. The molecule has 0 heterocycles. The third-order valence-corrected chi connectivity index (χ3v) is 5.16. The molecular formula is C17H29NO2. The fourth-order valence-corrected chi connectivity index (χ4v) is 3.63. The van der Waals surface area contributed by atoms with E-state index in [1.54, 1.807) is 0 Å². The first-order valence-corrected chi connectivity index (χ1v) is 7.92. The Hall–Kier alpha value is -0.830. The molecule has 0 aromatic carbocycles. The largest absolute Gasteiger partial charge is 0.396 e. The first kappa shape index (κ1) is 15.6. The summed E-state index contributed by atoms with van der Waals surface area (Å²) in [5.41, 5.74) is 1.39. The number of nitrogens with one attached hydrogen (secondary N) is 1. The Morgan fingerprint density at radius 2 is 1.85 bits per heavy atom. The molecule has 0 bridgehead atoms. The molecule has 2 aliphatic rings. The highest BCUT2D eigenvalue weighted by Gasteiger charge is 2.60. The summed E-state index contributed by atoms with van der Waals surface area (Å²) < 4.78 is 0. The van der Waals surface area contributed by atoms with E-state index in [0.717, 1.165) is 25.7 Å². The summed E-state index contributed by atoms with van der Waals surface area (Å²) in [6.45, 7) is 8.85. The Morgan fingerprint density at radius 1 is 1.25 bits per heavy atom. The Kier molecular flexibility index (Phi) is 4.58. The van der Waals surface area contributed by atoms with E-state index in [-0.39, 0.29) is 17.2 Å². The van der Waals surface area contributed by atoms with Crippen LogP contribution in [0.3, 0.4) is 0 Å². The molecule has 2 atom stereocenters. The lowest BCUT2D eigenvalue weighted by Gasteiger charge is -2.28. The molecule has 2 unspecified atom stereocenters. The van der Waals surface area contributed by atoms with Crippen LogP contribution >= 0.6 is 0 Å². The minimum Gasteiger partial charge on any atom is -0.396 e. The van der Waals surface area contributed by atoms with Crippen molar-refractivity contribution in [3.63, 3.8) is 0 Å². The van der Waals surface area contributed by atoms with E-state index >= 15 is 0 Å². The third-order valence-electron chi connectivity index (χ3n) is 5.16. The Labute approximate surface area is 122 Å². The van der Waals surface area contributed by atoms with Crippen LogP contribution in [0, 0.1) is 23.2 Å². The maximum atomic E-state index is 12.4. The lowest BCUT2D eigenvalue weighted by Crippen LogP contribution is -2.39. The van der Waals surface area contributed by atoms with Crippen LogP contribution in [0.2, 0.25) is 0 Å². The molecule has 2 N–H and O–H groups in total. The fraction of sp³-hybridized carbons (Fsp3) is 0.824. The minimum atomic E-state index is 0.101. The first-order valence-electron chi connectivity index (χ1n) is 7.92. The molecule has 3 heteroatoms. The van der Waals surface area contributed by atoms with Gasteiger partial charge < -0.3 is 10.4 Å². The van der Waals surface area contributed by atoms with Gasteiger partial charge in [-0.2, -0.15) is 0 Å². The molecule has 0 saturated heterocycles. The van der Waals surface area contributed by atoms with Crippen molar-refractivity contribution in [1.29, 1.82) is 0 Å². The molecule has 20 heavy (non-hydrogen) atoms. The highest BCUT2D eigenvalue weighted by Crippen LogP contribution is 2.59. The van der Waals surface area contributed by atoms with Crippen LogP contribution in [0.15, 0.2) is 11.6 Å². The average Bonchev–Trinajstić information content (AvgIpc) is 2.91. The van der Waals surface area contributed by atoms with Crippen molar-refractivity contribution in [3.8, 4) is 0 Å². The Balaban J connectivity index is 1.86. The van der Waals surface area contributed by atoms with Gasteiger partial charge >= 0.3 is 0 Å². The normalized spacial score (nSPS) is 35.2. The first-order chi connectivity index (χ1) is 9.36. The molecule has 2 saturated carbocycles. The molecule has 114 valence electrons. The van der Waals surface area contributed by atoms with Crippen LogP contribution in [-0.4, -0.2) is 23.7 Å². The molecule has 0 aromatic heterocycles. The van der Waals surface area contributed by atoms with Crippen LogP contribution < -0.4 is 5.32 Å². The van der Waals surface area contributed by atoms with Gasteiger partial charge in [-0.1, -0.05) is 25.5 Å². The monoisotopic (exact) mass is 279 g/mol. The molecule has 2 rings (SSSR count). The molecule has 1 amide bonds.